The molecule has 1 unspecified atom stereocenters. The van der Waals surface area contributed by atoms with Crippen LogP contribution in [0.2, 0.25) is 0 Å². The number of hydrogen-bond donors (Lipinski definition) is 0. The van der Waals surface area contributed by atoms with Crippen LogP contribution in [0.25, 0.3) is 0 Å². The summed E-state index contributed by atoms with van der Waals surface area (Å²) in [6, 6.07) is 0. The summed E-state index contributed by atoms with van der Waals surface area (Å²) >= 11 is 0. The SMILES string of the molecule is CCCCCCC/C=C\C/C=C\CCCCCCCCCCCCCC(=O)OCC(COC(=O)CCCCCCCCCCCCC)OC(=O)CCCCCCCCCCCCCC. The van der Waals surface area contributed by atoms with Gasteiger partial charge in [0.2, 0.25) is 0 Å². The van der Waals surface area contributed by atoms with E-state index in [1.54, 1.807) is 0 Å². The third-order valence-electron chi connectivity index (χ3n) is 12.7. The predicted molar refractivity (Wildman–Crippen MR) is 275 cm³/mol. The van der Waals surface area contributed by atoms with Crippen molar-refractivity contribution in [1.82, 2.24) is 0 Å². The first-order valence-corrected chi connectivity index (χ1v) is 28.3. The summed E-state index contributed by atoms with van der Waals surface area (Å²) in [5.74, 6) is -0.852. The van der Waals surface area contributed by atoms with E-state index in [0.29, 0.717) is 19.3 Å². The lowest BCUT2D eigenvalue weighted by Gasteiger charge is -2.18. The highest BCUT2D eigenvalue weighted by Crippen LogP contribution is 2.16. The molecule has 64 heavy (non-hydrogen) atoms. The van der Waals surface area contributed by atoms with Crippen molar-refractivity contribution in [2.75, 3.05) is 13.2 Å². The number of allylic oxidation sites excluding steroid dienone is 4. The van der Waals surface area contributed by atoms with Gasteiger partial charge < -0.3 is 14.2 Å². The van der Waals surface area contributed by atoms with E-state index in [-0.39, 0.29) is 31.1 Å². The Hall–Kier alpha value is -2.11. The first-order chi connectivity index (χ1) is 31.5. The van der Waals surface area contributed by atoms with E-state index >= 15 is 0 Å². The van der Waals surface area contributed by atoms with E-state index in [2.05, 4.69) is 45.1 Å². The van der Waals surface area contributed by atoms with Crippen LogP contribution in [-0.4, -0.2) is 37.2 Å². The molecule has 0 fully saturated rings. The molecule has 0 spiro atoms. The molecule has 0 aliphatic rings. The van der Waals surface area contributed by atoms with Gasteiger partial charge in [-0.2, -0.15) is 0 Å². The van der Waals surface area contributed by atoms with Gasteiger partial charge in [-0.05, 0) is 51.4 Å². The largest absolute Gasteiger partial charge is 0.462 e. The minimum atomic E-state index is -0.765. The third-order valence-corrected chi connectivity index (χ3v) is 12.7. The maximum absolute atomic E-state index is 12.8. The molecular formula is C58H108O6. The zero-order valence-electron chi connectivity index (χ0n) is 43.1. The van der Waals surface area contributed by atoms with Crippen molar-refractivity contribution in [2.45, 2.75) is 316 Å². The van der Waals surface area contributed by atoms with E-state index in [4.69, 9.17) is 14.2 Å². The first kappa shape index (κ1) is 61.9. The normalized spacial score (nSPS) is 12.1. The fraction of sp³-hybridized carbons (Fsp3) is 0.879. The Morgan fingerprint density at radius 1 is 0.312 bits per heavy atom. The number of ether oxygens (including phenoxy) is 3. The zero-order chi connectivity index (χ0) is 46.5. The molecule has 0 aromatic carbocycles. The lowest BCUT2D eigenvalue weighted by atomic mass is 10.0. The van der Waals surface area contributed by atoms with Gasteiger partial charge in [0.15, 0.2) is 6.10 Å². The Morgan fingerprint density at radius 2 is 0.562 bits per heavy atom. The molecule has 0 heterocycles. The van der Waals surface area contributed by atoms with Crippen molar-refractivity contribution < 1.29 is 28.6 Å². The summed E-state index contributed by atoms with van der Waals surface area (Å²) < 4.78 is 16.8. The van der Waals surface area contributed by atoms with E-state index in [0.717, 1.165) is 64.2 Å². The molecule has 0 saturated heterocycles. The molecule has 0 N–H and O–H groups in total. The number of hydrogen-bond acceptors (Lipinski definition) is 6. The molecule has 6 heteroatoms. The average molecular weight is 901 g/mol. The molecule has 0 aromatic heterocycles. The van der Waals surface area contributed by atoms with Crippen LogP contribution < -0.4 is 0 Å². The van der Waals surface area contributed by atoms with Gasteiger partial charge in [0.1, 0.15) is 13.2 Å². The second kappa shape index (κ2) is 53.5. The van der Waals surface area contributed by atoms with Crippen LogP contribution in [0.1, 0.15) is 310 Å². The zero-order valence-corrected chi connectivity index (χ0v) is 43.1. The Morgan fingerprint density at radius 3 is 0.859 bits per heavy atom. The van der Waals surface area contributed by atoms with Crippen LogP contribution >= 0.6 is 0 Å². The smallest absolute Gasteiger partial charge is 0.306 e. The minimum Gasteiger partial charge on any atom is -0.462 e. The van der Waals surface area contributed by atoms with Crippen molar-refractivity contribution >= 4 is 17.9 Å². The van der Waals surface area contributed by atoms with Crippen LogP contribution in [0.4, 0.5) is 0 Å². The van der Waals surface area contributed by atoms with E-state index in [1.165, 1.54) is 205 Å². The topological polar surface area (TPSA) is 78.9 Å². The van der Waals surface area contributed by atoms with E-state index in [1.807, 2.05) is 0 Å². The van der Waals surface area contributed by atoms with Gasteiger partial charge in [0.05, 0.1) is 0 Å². The highest BCUT2D eigenvalue weighted by atomic mass is 16.6. The monoisotopic (exact) mass is 901 g/mol. The highest BCUT2D eigenvalue weighted by molar-refractivity contribution is 5.71. The number of carbonyl (C=O) groups is 3. The van der Waals surface area contributed by atoms with Crippen molar-refractivity contribution in [3.8, 4) is 0 Å². The van der Waals surface area contributed by atoms with Gasteiger partial charge >= 0.3 is 17.9 Å². The van der Waals surface area contributed by atoms with Crippen molar-refractivity contribution in [2.24, 2.45) is 0 Å². The summed E-state index contributed by atoms with van der Waals surface area (Å²) in [6.45, 7) is 6.65. The first-order valence-electron chi connectivity index (χ1n) is 28.3. The molecule has 0 rings (SSSR count). The molecule has 0 saturated carbocycles. The van der Waals surface area contributed by atoms with Gasteiger partial charge in [-0.15, -0.1) is 0 Å². The number of esters is 3. The van der Waals surface area contributed by atoms with Crippen LogP contribution in [0.3, 0.4) is 0 Å². The van der Waals surface area contributed by atoms with Gasteiger partial charge in [-0.1, -0.05) is 263 Å². The summed E-state index contributed by atoms with van der Waals surface area (Å²) in [7, 11) is 0. The molecular weight excluding hydrogens is 793 g/mol. The standard InChI is InChI=1S/C58H108O6/c1-4-7-10-13-16-19-22-24-25-26-27-28-29-30-31-32-33-34-37-39-42-45-48-51-57(60)63-54-55(53-62-56(59)50-47-44-41-38-35-21-18-15-12-9-6-3)64-58(61)52-49-46-43-40-36-23-20-17-14-11-8-5-2/h22,24,26-27,55H,4-21,23,25,28-54H2,1-3H3/b24-22-,27-26-. The molecule has 376 valence electrons. The molecule has 0 radical (unpaired) electrons. The lowest BCUT2D eigenvalue weighted by molar-refractivity contribution is -0.167. The predicted octanol–water partition coefficient (Wildman–Crippen LogP) is 18.7. The van der Waals surface area contributed by atoms with Gasteiger partial charge in [-0.3, -0.25) is 14.4 Å². The second-order valence-corrected chi connectivity index (χ2v) is 19.2. The summed E-state index contributed by atoms with van der Waals surface area (Å²) in [5.41, 5.74) is 0. The molecule has 0 aromatic rings. The van der Waals surface area contributed by atoms with Crippen molar-refractivity contribution in [3.63, 3.8) is 0 Å². The fourth-order valence-corrected chi connectivity index (χ4v) is 8.42. The summed E-state index contributed by atoms with van der Waals surface area (Å²) in [5, 5.41) is 0. The minimum absolute atomic E-state index is 0.0664. The number of rotatable bonds is 52. The molecule has 0 bridgehead atoms. The Bertz CT molecular complexity index is 1040. The Kier molecular flexibility index (Phi) is 51.7. The third kappa shape index (κ3) is 50.9. The fourth-order valence-electron chi connectivity index (χ4n) is 8.42. The average Bonchev–Trinajstić information content (AvgIpc) is 3.29. The molecule has 1 atom stereocenters. The Labute approximate surface area is 398 Å². The quantitative estimate of drug-likeness (QED) is 0.0262. The van der Waals surface area contributed by atoms with E-state index in [9.17, 15) is 14.4 Å². The van der Waals surface area contributed by atoms with Crippen molar-refractivity contribution in [1.29, 1.82) is 0 Å². The highest BCUT2D eigenvalue weighted by Gasteiger charge is 2.19. The molecule has 6 nitrogen and oxygen atoms in total. The van der Waals surface area contributed by atoms with Gasteiger partial charge in [0.25, 0.3) is 0 Å². The van der Waals surface area contributed by atoms with Gasteiger partial charge in [-0.25, -0.2) is 0 Å². The van der Waals surface area contributed by atoms with Crippen LogP contribution in [-0.2, 0) is 28.6 Å². The summed E-state index contributed by atoms with van der Waals surface area (Å²) in [6.07, 6.45) is 61.7. The summed E-state index contributed by atoms with van der Waals surface area (Å²) in [4.78, 5) is 38.0. The maximum atomic E-state index is 12.8. The lowest BCUT2D eigenvalue weighted by Crippen LogP contribution is -2.30. The Balaban J connectivity index is 4.20. The maximum Gasteiger partial charge on any atom is 0.306 e. The van der Waals surface area contributed by atoms with Crippen LogP contribution in [0.5, 0.6) is 0 Å². The number of carbonyl (C=O) groups excluding carboxylic acids is 3. The molecule has 0 aliphatic heterocycles. The van der Waals surface area contributed by atoms with Crippen LogP contribution in [0, 0.1) is 0 Å². The molecule has 0 aliphatic carbocycles. The van der Waals surface area contributed by atoms with Crippen molar-refractivity contribution in [3.05, 3.63) is 24.3 Å². The van der Waals surface area contributed by atoms with E-state index < -0.39 is 6.10 Å². The van der Waals surface area contributed by atoms with Gasteiger partial charge in [0, 0.05) is 19.3 Å². The number of unbranched alkanes of at least 4 members (excludes halogenated alkanes) is 37. The second-order valence-electron chi connectivity index (χ2n) is 19.2. The van der Waals surface area contributed by atoms with Crippen LogP contribution in [0.15, 0.2) is 24.3 Å². The molecule has 0 amide bonds.